The number of carbonyl (C=O) groups is 2. The summed E-state index contributed by atoms with van der Waals surface area (Å²) in [4.78, 5) is 23.5. The number of hydrogen-bond donors (Lipinski definition) is 1. The largest absolute Gasteiger partial charge is 0.545 e. The monoisotopic (exact) mass is 312 g/mol. The number of ether oxygens (including phenoxy) is 2. The third kappa shape index (κ3) is 2.96. The van der Waals surface area contributed by atoms with Gasteiger partial charge >= 0.3 is 0 Å². The first kappa shape index (κ1) is 14.9. The number of amides is 1. The van der Waals surface area contributed by atoms with Crippen molar-refractivity contribution in [3.63, 3.8) is 0 Å². The van der Waals surface area contributed by atoms with Crippen molar-refractivity contribution in [1.29, 1.82) is 0 Å². The van der Waals surface area contributed by atoms with E-state index >= 15 is 0 Å². The third-order valence-electron chi connectivity index (χ3n) is 3.51. The van der Waals surface area contributed by atoms with Crippen molar-refractivity contribution in [2.45, 2.75) is 19.1 Å². The Kier molecular flexibility index (Phi) is 3.89. The van der Waals surface area contributed by atoms with E-state index in [9.17, 15) is 14.7 Å². The van der Waals surface area contributed by atoms with Crippen LogP contribution in [0.25, 0.3) is 0 Å². The Balaban J connectivity index is 1.81. The molecule has 0 radical (unpaired) electrons. The Hall–Kier alpha value is -3.02. The summed E-state index contributed by atoms with van der Waals surface area (Å²) in [5.41, 5.74) is 0.0674. The zero-order chi connectivity index (χ0) is 16.4. The molecule has 0 aromatic heterocycles. The van der Waals surface area contributed by atoms with E-state index in [0.29, 0.717) is 11.5 Å². The lowest BCUT2D eigenvalue weighted by Gasteiger charge is -2.31. The molecule has 1 heterocycles. The van der Waals surface area contributed by atoms with Gasteiger partial charge in [0.15, 0.2) is 11.5 Å². The van der Waals surface area contributed by atoms with Crippen molar-refractivity contribution >= 4 is 17.6 Å². The van der Waals surface area contributed by atoms with E-state index in [1.54, 1.807) is 37.3 Å². The fraction of sp³-hybridized carbons (Fsp3) is 0.176. The van der Waals surface area contributed by atoms with E-state index in [0.717, 1.165) is 0 Å². The summed E-state index contributed by atoms with van der Waals surface area (Å²) in [5.74, 6) is -0.807. The molecule has 2 aromatic carbocycles. The summed E-state index contributed by atoms with van der Waals surface area (Å²) in [6.45, 7) is 1.71. The molecule has 0 fully saturated rings. The average Bonchev–Trinajstić information content (AvgIpc) is 2.54. The van der Waals surface area contributed by atoms with Crippen molar-refractivity contribution in [1.82, 2.24) is 0 Å². The first-order valence-electron chi connectivity index (χ1n) is 7.10. The zero-order valence-corrected chi connectivity index (χ0v) is 12.3. The molecule has 6 nitrogen and oxygen atoms in total. The van der Waals surface area contributed by atoms with Crippen LogP contribution in [0.15, 0.2) is 48.5 Å². The topological polar surface area (TPSA) is 87.7 Å². The van der Waals surface area contributed by atoms with Gasteiger partial charge in [0.2, 0.25) is 6.10 Å². The summed E-state index contributed by atoms with van der Waals surface area (Å²) in [7, 11) is 0. The Morgan fingerprint density at radius 3 is 2.30 bits per heavy atom. The van der Waals surface area contributed by atoms with Crippen molar-refractivity contribution in [3.8, 4) is 11.5 Å². The van der Waals surface area contributed by atoms with Crippen LogP contribution in [0.5, 0.6) is 11.5 Å². The van der Waals surface area contributed by atoms with Gasteiger partial charge in [0, 0.05) is 11.3 Å². The molecule has 1 amide bonds. The molecule has 3 rings (SSSR count). The van der Waals surface area contributed by atoms with Crippen LogP contribution in [0.2, 0.25) is 0 Å². The standard InChI is InChI=1S/C17H15NO5/c1-10-15(23-14-9-5-4-8-13(14)22-10)16(19)18-12-7-3-2-6-11(12)17(20)21/h2-10,15H,1H3,(H,18,19)(H,20,21)/p-1/t10-,15-/m1/s1. The van der Waals surface area contributed by atoms with Crippen molar-refractivity contribution in [2.75, 3.05) is 5.32 Å². The SMILES string of the molecule is C[C@H]1Oc2ccccc2O[C@H]1C(=O)Nc1ccccc1C(=O)[O-]. The summed E-state index contributed by atoms with van der Waals surface area (Å²) in [6.07, 6.45) is -1.40. The second-order valence-corrected chi connectivity index (χ2v) is 5.13. The number of rotatable bonds is 3. The first-order valence-corrected chi connectivity index (χ1v) is 7.10. The Bertz CT molecular complexity index is 758. The van der Waals surface area contributed by atoms with Crippen LogP contribution in [-0.2, 0) is 4.79 Å². The van der Waals surface area contributed by atoms with E-state index in [1.165, 1.54) is 12.1 Å². The highest BCUT2D eigenvalue weighted by atomic mass is 16.6. The number of carboxylic acid groups (broad SMARTS) is 1. The molecule has 0 bridgehead atoms. The first-order chi connectivity index (χ1) is 11.1. The molecule has 0 saturated carbocycles. The second kappa shape index (κ2) is 6.00. The molecular weight excluding hydrogens is 298 g/mol. The summed E-state index contributed by atoms with van der Waals surface area (Å²) < 4.78 is 11.3. The molecule has 0 saturated heterocycles. The van der Waals surface area contributed by atoms with E-state index < -0.39 is 24.1 Å². The fourth-order valence-corrected chi connectivity index (χ4v) is 2.38. The molecule has 118 valence electrons. The lowest BCUT2D eigenvalue weighted by molar-refractivity contribution is -0.254. The van der Waals surface area contributed by atoms with Gasteiger partial charge in [-0.25, -0.2) is 0 Å². The molecule has 0 aliphatic carbocycles. The van der Waals surface area contributed by atoms with E-state index in [4.69, 9.17) is 9.47 Å². The van der Waals surface area contributed by atoms with Crippen LogP contribution in [-0.4, -0.2) is 24.1 Å². The summed E-state index contributed by atoms with van der Waals surface area (Å²) in [6, 6.07) is 13.1. The van der Waals surface area contributed by atoms with Crippen LogP contribution >= 0.6 is 0 Å². The van der Waals surface area contributed by atoms with Gasteiger partial charge in [-0.1, -0.05) is 30.3 Å². The zero-order valence-electron chi connectivity index (χ0n) is 12.3. The number of anilines is 1. The van der Waals surface area contributed by atoms with Gasteiger partial charge in [0.25, 0.3) is 5.91 Å². The minimum atomic E-state index is -1.36. The van der Waals surface area contributed by atoms with Crippen molar-refractivity contribution < 1.29 is 24.2 Å². The minimum absolute atomic E-state index is 0.0920. The predicted octanol–water partition coefficient (Wildman–Crippen LogP) is 1.22. The molecule has 1 aliphatic rings. The number of hydrogen-bond acceptors (Lipinski definition) is 5. The lowest BCUT2D eigenvalue weighted by atomic mass is 10.1. The van der Waals surface area contributed by atoms with Gasteiger partial charge in [-0.2, -0.15) is 0 Å². The minimum Gasteiger partial charge on any atom is -0.545 e. The highest BCUT2D eigenvalue weighted by Gasteiger charge is 2.34. The van der Waals surface area contributed by atoms with Crippen LogP contribution < -0.4 is 19.9 Å². The molecule has 23 heavy (non-hydrogen) atoms. The lowest BCUT2D eigenvalue weighted by Crippen LogP contribution is -2.46. The third-order valence-corrected chi connectivity index (χ3v) is 3.51. The Morgan fingerprint density at radius 1 is 1.00 bits per heavy atom. The quantitative estimate of drug-likeness (QED) is 0.920. The van der Waals surface area contributed by atoms with Gasteiger partial charge in [-0.15, -0.1) is 0 Å². The highest BCUT2D eigenvalue weighted by Crippen LogP contribution is 2.33. The normalized spacial score (nSPS) is 19.0. The number of para-hydroxylation sites is 3. The average molecular weight is 312 g/mol. The highest BCUT2D eigenvalue weighted by molar-refractivity contribution is 6.01. The van der Waals surface area contributed by atoms with E-state index in [1.807, 2.05) is 6.07 Å². The van der Waals surface area contributed by atoms with Gasteiger partial charge in [0.05, 0.1) is 5.97 Å². The molecule has 6 heteroatoms. The number of carbonyl (C=O) groups excluding carboxylic acids is 2. The van der Waals surface area contributed by atoms with Crippen molar-refractivity contribution in [2.24, 2.45) is 0 Å². The maximum absolute atomic E-state index is 12.4. The molecule has 0 unspecified atom stereocenters. The molecule has 0 spiro atoms. The van der Waals surface area contributed by atoms with Crippen LogP contribution in [0.1, 0.15) is 17.3 Å². The molecule has 2 atom stereocenters. The smallest absolute Gasteiger partial charge is 0.269 e. The number of benzene rings is 2. The van der Waals surface area contributed by atoms with Crippen LogP contribution in [0, 0.1) is 0 Å². The van der Waals surface area contributed by atoms with Gasteiger partial charge < -0.3 is 24.7 Å². The Labute approximate surface area is 132 Å². The summed E-state index contributed by atoms with van der Waals surface area (Å²) >= 11 is 0. The second-order valence-electron chi connectivity index (χ2n) is 5.13. The van der Waals surface area contributed by atoms with Gasteiger partial charge in [0.1, 0.15) is 6.10 Å². The maximum Gasteiger partial charge on any atom is 0.269 e. The summed E-state index contributed by atoms with van der Waals surface area (Å²) in [5, 5.41) is 13.6. The predicted molar refractivity (Wildman–Crippen MR) is 80.4 cm³/mol. The molecule has 1 N–H and O–H groups in total. The van der Waals surface area contributed by atoms with Crippen LogP contribution in [0.4, 0.5) is 5.69 Å². The van der Waals surface area contributed by atoms with Crippen LogP contribution in [0.3, 0.4) is 0 Å². The van der Waals surface area contributed by atoms with E-state index in [2.05, 4.69) is 5.32 Å². The number of nitrogens with one attached hydrogen (secondary N) is 1. The molecular formula is C17H14NO5-. The molecule has 2 aromatic rings. The van der Waals surface area contributed by atoms with Crippen molar-refractivity contribution in [3.05, 3.63) is 54.1 Å². The number of carboxylic acids is 1. The number of aromatic carboxylic acids is 1. The fourth-order valence-electron chi connectivity index (χ4n) is 2.38. The Morgan fingerprint density at radius 2 is 1.61 bits per heavy atom. The number of fused-ring (bicyclic) bond motifs is 1. The van der Waals surface area contributed by atoms with Gasteiger partial charge in [-0.3, -0.25) is 4.79 Å². The molecule has 1 aliphatic heterocycles. The van der Waals surface area contributed by atoms with Gasteiger partial charge in [-0.05, 0) is 25.1 Å². The maximum atomic E-state index is 12.4. The van der Waals surface area contributed by atoms with E-state index in [-0.39, 0.29) is 11.3 Å².